The van der Waals surface area contributed by atoms with Crippen LogP contribution in [-0.4, -0.2) is 65.9 Å². The van der Waals surface area contributed by atoms with Gasteiger partial charge in [0.2, 0.25) is 10.0 Å². The number of anilines is 1. The molecule has 1 unspecified atom stereocenters. The van der Waals surface area contributed by atoms with Crippen LogP contribution >= 0.6 is 11.6 Å². The molecule has 11 nitrogen and oxygen atoms in total. The molecule has 1 fully saturated rings. The number of sulfonamides is 1. The van der Waals surface area contributed by atoms with Crippen LogP contribution in [0.25, 0.3) is 28.2 Å². The Morgan fingerprint density at radius 2 is 2.02 bits per heavy atom. The van der Waals surface area contributed by atoms with E-state index in [-0.39, 0.29) is 18.3 Å². The van der Waals surface area contributed by atoms with Gasteiger partial charge in [0.05, 0.1) is 22.7 Å². The Morgan fingerprint density at radius 3 is 2.75 bits per heavy atom. The summed E-state index contributed by atoms with van der Waals surface area (Å²) in [6, 6.07) is 7.80. The first kappa shape index (κ1) is 28.7. The highest BCUT2D eigenvalue weighted by atomic mass is 35.5. The quantitative estimate of drug-likeness (QED) is 0.247. The summed E-state index contributed by atoms with van der Waals surface area (Å²) in [6.45, 7) is 8.71. The molecule has 40 heavy (non-hydrogen) atoms. The van der Waals surface area contributed by atoms with Crippen molar-refractivity contribution in [3.05, 3.63) is 58.0 Å². The number of rotatable bonds is 9. The van der Waals surface area contributed by atoms with Crippen LogP contribution in [0.5, 0.6) is 0 Å². The maximum Gasteiger partial charge on any atom is 0.213 e. The molecule has 1 aliphatic heterocycles. The first-order chi connectivity index (χ1) is 19.0. The molecule has 0 saturated carbocycles. The fourth-order valence-electron chi connectivity index (χ4n) is 5.21. The number of imidazole rings is 1. The predicted molar refractivity (Wildman–Crippen MR) is 157 cm³/mol. The van der Waals surface area contributed by atoms with Crippen molar-refractivity contribution in [1.82, 2.24) is 28.5 Å². The van der Waals surface area contributed by atoms with E-state index < -0.39 is 21.3 Å². The molecule has 1 aromatic carbocycles. The molecule has 14 heteroatoms. The van der Waals surface area contributed by atoms with Crippen molar-refractivity contribution in [2.45, 2.75) is 46.7 Å². The van der Waals surface area contributed by atoms with Gasteiger partial charge in [-0.1, -0.05) is 23.7 Å². The van der Waals surface area contributed by atoms with Crippen molar-refractivity contribution in [3.63, 3.8) is 0 Å². The minimum absolute atomic E-state index is 0.0735. The van der Waals surface area contributed by atoms with E-state index in [1.165, 1.54) is 4.31 Å². The van der Waals surface area contributed by atoms with Gasteiger partial charge in [-0.15, -0.1) is 0 Å². The number of aryl methyl sites for hydroxylation is 2. The summed E-state index contributed by atoms with van der Waals surface area (Å²) in [4.78, 5) is 12.6. The average Bonchev–Trinajstić information content (AvgIpc) is 3.63. The molecule has 3 aromatic heterocycles. The highest BCUT2D eigenvalue weighted by molar-refractivity contribution is 7.89. The van der Waals surface area contributed by atoms with E-state index in [9.17, 15) is 17.2 Å². The summed E-state index contributed by atoms with van der Waals surface area (Å²) in [5.74, 6) is 0.704. The summed E-state index contributed by atoms with van der Waals surface area (Å²) in [5.41, 5.74) is 7.46. The monoisotopic (exact) mass is 604 g/mol. The highest BCUT2D eigenvalue weighted by Gasteiger charge is 2.31. The molecule has 0 aliphatic carbocycles. The standard InChI is InChI=1S/C26H32ClN7O4S2/c1-5-40(37,38)33-9-8-19(14-33)30-23-21(27)13-28-26-24(23)31-25(32-26)20-10-16(3)34(17(20)4)22-11-18(7-6-15(22)2)12-29-39(35)36/h6-7,10-11,13,19,29H,5,8-9,12,14H2,1-4H3,(H,35,36)(H2,28,30,31,32)/p-1/t19-/m0/s1. The van der Waals surface area contributed by atoms with Crippen LogP contribution in [0.2, 0.25) is 5.02 Å². The number of aromatic amines is 1. The van der Waals surface area contributed by atoms with Crippen molar-refractivity contribution < 1.29 is 17.2 Å². The van der Waals surface area contributed by atoms with Gasteiger partial charge in [0.1, 0.15) is 11.3 Å². The van der Waals surface area contributed by atoms with E-state index in [0.29, 0.717) is 47.2 Å². The molecule has 0 radical (unpaired) electrons. The van der Waals surface area contributed by atoms with Gasteiger partial charge in [-0.3, -0.25) is 4.21 Å². The molecule has 4 heterocycles. The SMILES string of the molecule is CCS(=O)(=O)N1CC[C@H](Nc2c(Cl)cnc3nc(-c4cc(C)n(-c5cc(CNS(=O)[O-])ccc5C)c4C)[nH]c23)C1. The van der Waals surface area contributed by atoms with Crippen molar-refractivity contribution in [2.75, 3.05) is 24.2 Å². The van der Waals surface area contributed by atoms with Crippen LogP contribution in [0.15, 0.2) is 30.5 Å². The van der Waals surface area contributed by atoms with E-state index in [0.717, 1.165) is 33.8 Å². The topological polar surface area (TPSA) is 148 Å². The second-order valence-electron chi connectivity index (χ2n) is 9.95. The number of H-pyrrole nitrogens is 1. The third-order valence-electron chi connectivity index (χ3n) is 7.33. The number of fused-ring (bicyclic) bond motifs is 1. The van der Waals surface area contributed by atoms with Gasteiger partial charge in [-0.2, -0.15) is 4.31 Å². The third kappa shape index (κ3) is 5.54. The lowest BCUT2D eigenvalue weighted by atomic mass is 10.1. The number of halogens is 1. The van der Waals surface area contributed by atoms with E-state index in [4.69, 9.17) is 16.6 Å². The number of nitrogens with zero attached hydrogens (tertiary/aromatic N) is 4. The van der Waals surface area contributed by atoms with E-state index in [2.05, 4.69) is 24.6 Å². The van der Waals surface area contributed by atoms with E-state index in [1.807, 2.05) is 45.0 Å². The molecule has 0 bridgehead atoms. The van der Waals surface area contributed by atoms with Gasteiger partial charge >= 0.3 is 0 Å². The van der Waals surface area contributed by atoms with Crippen molar-refractivity contribution in [2.24, 2.45) is 0 Å². The lowest BCUT2D eigenvalue weighted by molar-refractivity contribution is 0.476. The van der Waals surface area contributed by atoms with Gasteiger partial charge in [0, 0.05) is 59.6 Å². The zero-order valence-electron chi connectivity index (χ0n) is 22.6. The third-order valence-corrected chi connectivity index (χ3v) is 9.84. The maximum atomic E-state index is 12.3. The Balaban J connectivity index is 1.49. The molecule has 0 spiro atoms. The van der Waals surface area contributed by atoms with Crippen LogP contribution in [0.4, 0.5) is 5.69 Å². The molecule has 3 N–H and O–H groups in total. The number of hydrogen-bond acceptors (Lipinski definition) is 7. The zero-order valence-corrected chi connectivity index (χ0v) is 25.0. The summed E-state index contributed by atoms with van der Waals surface area (Å²) >= 11 is 4.22. The Bertz CT molecular complexity index is 1720. The fraction of sp³-hybridized carbons (Fsp3) is 0.385. The van der Waals surface area contributed by atoms with Crippen molar-refractivity contribution >= 4 is 49.7 Å². The zero-order chi connectivity index (χ0) is 28.8. The van der Waals surface area contributed by atoms with E-state index in [1.54, 1.807) is 13.1 Å². The minimum atomic E-state index is -3.26. The smallest absolute Gasteiger partial charge is 0.213 e. The molecule has 2 atom stereocenters. The van der Waals surface area contributed by atoms with Crippen molar-refractivity contribution in [1.29, 1.82) is 0 Å². The largest absolute Gasteiger partial charge is 0.760 e. The molecule has 1 aliphatic rings. The molecule has 4 aromatic rings. The molecule has 1 saturated heterocycles. The minimum Gasteiger partial charge on any atom is -0.760 e. The summed E-state index contributed by atoms with van der Waals surface area (Å²) in [6.07, 6.45) is 2.22. The van der Waals surface area contributed by atoms with Gasteiger partial charge in [0.15, 0.2) is 5.65 Å². The number of benzene rings is 1. The second kappa shape index (κ2) is 11.2. The first-order valence-corrected chi connectivity index (χ1v) is 15.9. The molecular formula is C26H31ClN7O4S2-. The van der Waals surface area contributed by atoms with E-state index >= 15 is 0 Å². The normalized spacial score (nSPS) is 17.1. The van der Waals surface area contributed by atoms with Gasteiger partial charge < -0.3 is 19.4 Å². The van der Waals surface area contributed by atoms with Crippen molar-refractivity contribution in [3.8, 4) is 17.1 Å². The summed E-state index contributed by atoms with van der Waals surface area (Å²) in [5, 5.41) is 3.85. The maximum absolute atomic E-state index is 12.3. The first-order valence-electron chi connectivity index (χ1n) is 12.9. The predicted octanol–water partition coefficient (Wildman–Crippen LogP) is 3.71. The van der Waals surface area contributed by atoms with Gasteiger partial charge in [-0.05, 0) is 57.4 Å². The second-order valence-corrected chi connectivity index (χ2v) is 13.4. The number of pyridine rings is 1. The van der Waals surface area contributed by atoms with Crippen LogP contribution in [-0.2, 0) is 27.8 Å². The number of nitrogens with one attached hydrogen (secondary N) is 3. The molecule has 0 amide bonds. The Labute approximate surface area is 240 Å². The molecular weight excluding hydrogens is 574 g/mol. The number of hydrogen-bond donors (Lipinski definition) is 3. The average molecular weight is 605 g/mol. The highest BCUT2D eigenvalue weighted by Crippen LogP contribution is 2.35. The van der Waals surface area contributed by atoms with Crippen LogP contribution in [0, 0.1) is 20.8 Å². The van der Waals surface area contributed by atoms with Crippen LogP contribution in [0.3, 0.4) is 0 Å². The van der Waals surface area contributed by atoms with Crippen LogP contribution < -0.4 is 10.0 Å². The lowest BCUT2D eigenvalue weighted by Crippen LogP contribution is -2.32. The Kier molecular flexibility index (Phi) is 8.06. The fourth-order valence-corrected chi connectivity index (χ4v) is 6.85. The van der Waals surface area contributed by atoms with Gasteiger partial charge in [0.25, 0.3) is 0 Å². The molecule has 214 valence electrons. The summed E-state index contributed by atoms with van der Waals surface area (Å²) < 4.78 is 52.6. The number of aromatic nitrogens is 4. The Hall–Kier alpha value is -2.81. The summed E-state index contributed by atoms with van der Waals surface area (Å²) in [7, 11) is -3.26. The Morgan fingerprint density at radius 1 is 1.25 bits per heavy atom. The molecule has 5 rings (SSSR count). The van der Waals surface area contributed by atoms with Gasteiger partial charge in [-0.25, -0.2) is 23.1 Å². The van der Waals surface area contributed by atoms with Crippen LogP contribution in [0.1, 0.15) is 35.9 Å². The lowest BCUT2D eigenvalue weighted by Gasteiger charge is -2.17.